The smallest absolute Gasteiger partial charge is 0.150 e. The fraction of sp³-hybridized carbons (Fsp3) is 1.00. The molecule has 1 aliphatic carbocycles. The molecule has 1 fully saturated rings. The standard InChI is InChI=1S/C17H35NO2S/c1-6-21(19,20)10-9-16-11-15(13(2)3)7-8-17(16)12-18-14(4)5/h13-18H,6-12H2,1-5H3. The first-order valence-electron chi connectivity index (χ1n) is 8.69. The minimum atomic E-state index is -2.83. The maximum Gasteiger partial charge on any atom is 0.150 e. The second-order valence-electron chi connectivity index (χ2n) is 7.43. The molecular weight excluding hydrogens is 282 g/mol. The van der Waals surface area contributed by atoms with Crippen molar-refractivity contribution < 1.29 is 8.42 Å². The molecule has 4 heteroatoms. The second kappa shape index (κ2) is 8.52. The van der Waals surface area contributed by atoms with Crippen LogP contribution in [0.3, 0.4) is 0 Å². The molecule has 3 unspecified atom stereocenters. The van der Waals surface area contributed by atoms with Crippen LogP contribution in [0.2, 0.25) is 0 Å². The third kappa shape index (κ3) is 6.68. The van der Waals surface area contributed by atoms with Gasteiger partial charge < -0.3 is 5.32 Å². The normalized spacial score (nSPS) is 27.5. The molecule has 1 N–H and O–H groups in total. The molecule has 21 heavy (non-hydrogen) atoms. The van der Waals surface area contributed by atoms with Crippen molar-refractivity contribution >= 4 is 9.84 Å². The zero-order valence-corrected chi connectivity index (χ0v) is 15.4. The van der Waals surface area contributed by atoms with Crippen molar-refractivity contribution in [2.24, 2.45) is 23.7 Å². The molecule has 1 rings (SSSR count). The van der Waals surface area contributed by atoms with Crippen LogP contribution >= 0.6 is 0 Å². The lowest BCUT2D eigenvalue weighted by Crippen LogP contribution is -2.37. The summed E-state index contributed by atoms with van der Waals surface area (Å²) in [6, 6.07) is 0.507. The minimum absolute atomic E-state index is 0.280. The van der Waals surface area contributed by atoms with E-state index in [9.17, 15) is 8.42 Å². The topological polar surface area (TPSA) is 46.2 Å². The van der Waals surface area contributed by atoms with Crippen molar-refractivity contribution in [2.45, 2.75) is 66.3 Å². The van der Waals surface area contributed by atoms with Crippen molar-refractivity contribution in [3.8, 4) is 0 Å². The Hall–Kier alpha value is -0.0900. The van der Waals surface area contributed by atoms with Gasteiger partial charge in [0.1, 0.15) is 9.84 Å². The highest BCUT2D eigenvalue weighted by atomic mass is 32.2. The quantitative estimate of drug-likeness (QED) is 0.745. The molecule has 1 saturated carbocycles. The van der Waals surface area contributed by atoms with Gasteiger partial charge in [0, 0.05) is 11.8 Å². The van der Waals surface area contributed by atoms with Gasteiger partial charge >= 0.3 is 0 Å². The van der Waals surface area contributed by atoms with Gasteiger partial charge in [0.05, 0.1) is 5.75 Å². The summed E-state index contributed by atoms with van der Waals surface area (Å²) >= 11 is 0. The van der Waals surface area contributed by atoms with Crippen LogP contribution in [-0.4, -0.2) is 32.5 Å². The van der Waals surface area contributed by atoms with Gasteiger partial charge in [0.15, 0.2) is 0 Å². The van der Waals surface area contributed by atoms with Gasteiger partial charge in [-0.2, -0.15) is 0 Å². The molecule has 0 spiro atoms. The zero-order valence-electron chi connectivity index (χ0n) is 14.6. The lowest BCUT2D eigenvalue weighted by atomic mass is 9.69. The van der Waals surface area contributed by atoms with E-state index in [1.54, 1.807) is 6.92 Å². The number of nitrogens with one attached hydrogen (secondary N) is 1. The van der Waals surface area contributed by atoms with E-state index in [-0.39, 0.29) is 5.75 Å². The lowest BCUT2D eigenvalue weighted by molar-refractivity contribution is 0.140. The van der Waals surface area contributed by atoms with E-state index in [1.807, 2.05) is 0 Å². The summed E-state index contributed by atoms with van der Waals surface area (Å²) in [7, 11) is -2.83. The summed E-state index contributed by atoms with van der Waals surface area (Å²) in [5.74, 6) is 3.36. The SMILES string of the molecule is CCS(=O)(=O)CCC1CC(C(C)C)CCC1CNC(C)C. The maximum atomic E-state index is 11.8. The zero-order chi connectivity index (χ0) is 16.0. The Morgan fingerprint density at radius 1 is 1.10 bits per heavy atom. The largest absolute Gasteiger partial charge is 0.314 e. The van der Waals surface area contributed by atoms with E-state index in [2.05, 4.69) is 33.0 Å². The molecule has 3 atom stereocenters. The highest BCUT2D eigenvalue weighted by molar-refractivity contribution is 7.91. The number of hydrogen-bond donors (Lipinski definition) is 1. The van der Waals surface area contributed by atoms with Gasteiger partial charge in [-0.05, 0) is 55.9 Å². The first-order valence-corrected chi connectivity index (χ1v) is 10.5. The van der Waals surface area contributed by atoms with Crippen molar-refractivity contribution in [1.82, 2.24) is 5.32 Å². The fourth-order valence-corrected chi connectivity index (χ4v) is 4.40. The molecule has 126 valence electrons. The first-order chi connectivity index (χ1) is 9.75. The van der Waals surface area contributed by atoms with Crippen LogP contribution in [0.25, 0.3) is 0 Å². The third-order valence-electron chi connectivity index (χ3n) is 5.15. The molecular formula is C17H35NO2S. The summed E-state index contributed by atoms with van der Waals surface area (Å²) in [5.41, 5.74) is 0. The molecule has 0 aliphatic heterocycles. The minimum Gasteiger partial charge on any atom is -0.314 e. The van der Waals surface area contributed by atoms with E-state index in [1.165, 1.54) is 19.3 Å². The second-order valence-corrected chi connectivity index (χ2v) is 9.90. The maximum absolute atomic E-state index is 11.8. The van der Waals surface area contributed by atoms with E-state index in [0.717, 1.165) is 18.9 Å². The molecule has 3 nitrogen and oxygen atoms in total. The Morgan fingerprint density at radius 3 is 2.29 bits per heavy atom. The molecule has 0 radical (unpaired) electrons. The monoisotopic (exact) mass is 317 g/mol. The predicted molar refractivity (Wildman–Crippen MR) is 91.2 cm³/mol. The number of sulfone groups is 1. The molecule has 0 saturated heterocycles. The summed E-state index contributed by atoms with van der Waals surface area (Å²) in [5, 5.41) is 3.55. The van der Waals surface area contributed by atoms with Gasteiger partial charge in [-0.1, -0.05) is 34.6 Å². The Balaban J connectivity index is 2.63. The van der Waals surface area contributed by atoms with E-state index >= 15 is 0 Å². The van der Waals surface area contributed by atoms with Crippen LogP contribution in [0.15, 0.2) is 0 Å². The van der Waals surface area contributed by atoms with Crippen LogP contribution in [0.5, 0.6) is 0 Å². The van der Waals surface area contributed by atoms with Crippen LogP contribution in [-0.2, 0) is 9.84 Å². The third-order valence-corrected chi connectivity index (χ3v) is 6.89. The van der Waals surface area contributed by atoms with E-state index in [0.29, 0.717) is 29.5 Å². The summed E-state index contributed by atoms with van der Waals surface area (Å²) < 4.78 is 23.6. The Labute approximate surface area is 132 Å². The summed E-state index contributed by atoms with van der Waals surface area (Å²) in [4.78, 5) is 0. The van der Waals surface area contributed by atoms with Crippen LogP contribution < -0.4 is 5.32 Å². The van der Waals surface area contributed by atoms with E-state index < -0.39 is 9.84 Å². The lowest BCUT2D eigenvalue weighted by Gasteiger charge is -2.38. The predicted octanol–water partition coefficient (Wildman–Crippen LogP) is 3.50. The molecule has 0 aromatic carbocycles. The fourth-order valence-electron chi connectivity index (χ4n) is 3.45. The molecule has 0 amide bonds. The Kier molecular flexibility index (Phi) is 7.69. The Morgan fingerprint density at radius 2 is 1.76 bits per heavy atom. The summed E-state index contributed by atoms with van der Waals surface area (Å²) in [6.07, 6.45) is 4.61. The highest BCUT2D eigenvalue weighted by Crippen LogP contribution is 2.39. The van der Waals surface area contributed by atoms with Gasteiger partial charge in [-0.3, -0.25) is 0 Å². The number of rotatable bonds is 8. The molecule has 0 bridgehead atoms. The number of hydrogen-bond acceptors (Lipinski definition) is 3. The van der Waals surface area contributed by atoms with Crippen molar-refractivity contribution in [1.29, 1.82) is 0 Å². The molecule has 0 aromatic heterocycles. The van der Waals surface area contributed by atoms with Gasteiger partial charge in [-0.25, -0.2) is 8.42 Å². The average Bonchev–Trinajstić information content (AvgIpc) is 2.43. The van der Waals surface area contributed by atoms with Crippen LogP contribution in [0, 0.1) is 23.7 Å². The molecule has 1 aliphatic rings. The van der Waals surface area contributed by atoms with Gasteiger partial charge in [-0.15, -0.1) is 0 Å². The van der Waals surface area contributed by atoms with Crippen LogP contribution in [0.1, 0.15) is 60.3 Å². The van der Waals surface area contributed by atoms with Gasteiger partial charge in [0.2, 0.25) is 0 Å². The van der Waals surface area contributed by atoms with Crippen LogP contribution in [0.4, 0.5) is 0 Å². The highest BCUT2D eigenvalue weighted by Gasteiger charge is 2.32. The van der Waals surface area contributed by atoms with Crippen molar-refractivity contribution in [3.63, 3.8) is 0 Å². The Bertz CT molecular complexity index is 390. The molecule has 0 aromatic rings. The van der Waals surface area contributed by atoms with Gasteiger partial charge in [0.25, 0.3) is 0 Å². The van der Waals surface area contributed by atoms with Crippen molar-refractivity contribution in [3.05, 3.63) is 0 Å². The summed E-state index contributed by atoms with van der Waals surface area (Å²) in [6.45, 7) is 11.8. The first kappa shape index (κ1) is 19.0. The van der Waals surface area contributed by atoms with Crippen molar-refractivity contribution in [2.75, 3.05) is 18.1 Å². The molecule has 0 heterocycles. The van der Waals surface area contributed by atoms with E-state index in [4.69, 9.17) is 0 Å². The average molecular weight is 318 g/mol.